The van der Waals surface area contributed by atoms with Crippen LogP contribution in [0.5, 0.6) is 0 Å². The number of methoxy groups -OCH3 is 1. The van der Waals surface area contributed by atoms with Gasteiger partial charge in [-0.15, -0.1) is 0 Å². The Morgan fingerprint density at radius 3 is 2.41 bits per heavy atom. The van der Waals surface area contributed by atoms with Crippen LogP contribution in [0.2, 0.25) is 0 Å². The third-order valence-corrected chi connectivity index (χ3v) is 4.31. The van der Waals surface area contributed by atoms with E-state index in [9.17, 15) is 0 Å². The summed E-state index contributed by atoms with van der Waals surface area (Å²) in [7, 11) is 1.70. The van der Waals surface area contributed by atoms with Gasteiger partial charge in [-0.1, -0.05) is 57.5 Å². The first-order chi connectivity index (χ1) is 10.7. The molecule has 0 spiro atoms. The van der Waals surface area contributed by atoms with Crippen molar-refractivity contribution in [2.75, 3.05) is 7.11 Å². The lowest BCUT2D eigenvalue weighted by Crippen LogP contribution is -2.25. The number of hydrogen-bond acceptors (Lipinski definition) is 2. The lowest BCUT2D eigenvalue weighted by Gasteiger charge is -2.28. The Labute approximate surface area is 136 Å². The Morgan fingerprint density at radius 1 is 1.09 bits per heavy atom. The van der Waals surface area contributed by atoms with E-state index in [0.717, 1.165) is 18.8 Å². The van der Waals surface area contributed by atoms with E-state index < -0.39 is 0 Å². The summed E-state index contributed by atoms with van der Waals surface area (Å²) < 4.78 is 11.3. The highest BCUT2D eigenvalue weighted by atomic mass is 16.5. The fraction of sp³-hybridized carbons (Fsp3) is 0.600. The molecule has 1 aromatic rings. The van der Waals surface area contributed by atoms with Gasteiger partial charge in [0.25, 0.3) is 0 Å². The predicted octanol–water partition coefficient (Wildman–Crippen LogP) is 5.58. The Morgan fingerprint density at radius 2 is 1.82 bits per heavy atom. The van der Waals surface area contributed by atoms with E-state index >= 15 is 0 Å². The minimum absolute atomic E-state index is 0.302. The summed E-state index contributed by atoms with van der Waals surface area (Å²) in [6.07, 6.45) is 8.71. The van der Waals surface area contributed by atoms with Gasteiger partial charge in [-0.2, -0.15) is 0 Å². The van der Waals surface area contributed by atoms with Gasteiger partial charge in [0, 0.05) is 0 Å². The molecule has 3 atom stereocenters. The molecule has 0 N–H and O–H groups in total. The van der Waals surface area contributed by atoms with Crippen molar-refractivity contribution in [2.24, 2.45) is 11.8 Å². The molecule has 0 bridgehead atoms. The Balaban J connectivity index is 2.63. The number of allylic oxidation sites excluding steroid dienone is 1. The average molecular weight is 304 g/mol. The summed E-state index contributed by atoms with van der Waals surface area (Å²) in [5.74, 6) is 1.28. The highest BCUT2D eigenvalue weighted by molar-refractivity contribution is 5.13. The molecule has 22 heavy (non-hydrogen) atoms. The standard InChI is InChI=1S/C20H32O2/c1-5-17(3)15-19(13-10-14-21-4)20(6-2)22-16-18-11-8-7-9-12-18/h7-12,14,17,19-20H,5-6,13,15-16H2,1-4H3/t17-,19+,20+/m0/s1. The van der Waals surface area contributed by atoms with Gasteiger partial charge in [0.15, 0.2) is 0 Å². The van der Waals surface area contributed by atoms with E-state index in [4.69, 9.17) is 9.47 Å². The quantitative estimate of drug-likeness (QED) is 0.496. The molecule has 0 aliphatic rings. The Kier molecular flexibility index (Phi) is 9.65. The largest absolute Gasteiger partial charge is 0.505 e. The zero-order valence-corrected chi connectivity index (χ0v) is 14.6. The minimum Gasteiger partial charge on any atom is -0.505 e. The Bertz CT molecular complexity index is 399. The number of hydrogen-bond donors (Lipinski definition) is 0. The van der Waals surface area contributed by atoms with Gasteiger partial charge in [0.1, 0.15) is 0 Å². The van der Waals surface area contributed by atoms with Crippen molar-refractivity contribution >= 4 is 0 Å². The van der Waals surface area contributed by atoms with Crippen molar-refractivity contribution in [2.45, 2.75) is 59.2 Å². The van der Waals surface area contributed by atoms with Crippen LogP contribution in [0.15, 0.2) is 42.7 Å². The van der Waals surface area contributed by atoms with Gasteiger partial charge in [0.05, 0.1) is 26.1 Å². The minimum atomic E-state index is 0.302. The van der Waals surface area contributed by atoms with Gasteiger partial charge >= 0.3 is 0 Å². The topological polar surface area (TPSA) is 18.5 Å². The third-order valence-electron chi connectivity index (χ3n) is 4.31. The van der Waals surface area contributed by atoms with Gasteiger partial charge < -0.3 is 9.47 Å². The predicted molar refractivity (Wildman–Crippen MR) is 93.6 cm³/mol. The molecule has 1 rings (SSSR count). The van der Waals surface area contributed by atoms with Crippen LogP contribution >= 0.6 is 0 Å². The molecule has 2 heteroatoms. The normalized spacial score (nSPS) is 15.6. The first kappa shape index (κ1) is 18.8. The number of ether oxygens (including phenoxy) is 2. The lowest BCUT2D eigenvalue weighted by atomic mass is 9.86. The van der Waals surface area contributed by atoms with Crippen molar-refractivity contribution in [3.05, 3.63) is 48.2 Å². The molecule has 2 nitrogen and oxygen atoms in total. The molecule has 124 valence electrons. The summed E-state index contributed by atoms with van der Waals surface area (Å²) in [4.78, 5) is 0. The zero-order chi connectivity index (χ0) is 16.2. The highest BCUT2D eigenvalue weighted by Crippen LogP contribution is 2.26. The van der Waals surface area contributed by atoms with Crippen LogP contribution in [0, 0.1) is 11.8 Å². The van der Waals surface area contributed by atoms with E-state index in [2.05, 4.69) is 51.1 Å². The van der Waals surface area contributed by atoms with Crippen molar-refractivity contribution in [1.82, 2.24) is 0 Å². The summed E-state index contributed by atoms with van der Waals surface area (Å²) in [5.41, 5.74) is 1.25. The molecule has 0 saturated carbocycles. The highest BCUT2D eigenvalue weighted by Gasteiger charge is 2.21. The van der Waals surface area contributed by atoms with Gasteiger partial charge in [-0.05, 0) is 42.7 Å². The maximum Gasteiger partial charge on any atom is 0.0784 e. The second kappa shape index (κ2) is 11.3. The van der Waals surface area contributed by atoms with E-state index in [0.29, 0.717) is 18.6 Å². The summed E-state index contributed by atoms with van der Waals surface area (Å²) in [6, 6.07) is 10.4. The molecule has 1 aromatic carbocycles. The van der Waals surface area contributed by atoms with Crippen LogP contribution in [0.4, 0.5) is 0 Å². The molecule has 0 saturated heterocycles. The third kappa shape index (κ3) is 7.13. The molecule has 0 radical (unpaired) electrons. The maximum atomic E-state index is 6.24. The molecule has 0 aliphatic carbocycles. The van der Waals surface area contributed by atoms with E-state index in [1.54, 1.807) is 13.4 Å². The van der Waals surface area contributed by atoms with Crippen LogP contribution in [-0.2, 0) is 16.1 Å². The summed E-state index contributed by atoms with van der Waals surface area (Å²) in [5, 5.41) is 0. The molecule has 0 heterocycles. The monoisotopic (exact) mass is 304 g/mol. The van der Waals surface area contributed by atoms with Crippen molar-refractivity contribution in [1.29, 1.82) is 0 Å². The molecule has 0 fully saturated rings. The second-order valence-electron chi connectivity index (χ2n) is 6.10. The van der Waals surface area contributed by atoms with E-state index in [-0.39, 0.29) is 0 Å². The van der Waals surface area contributed by atoms with Crippen molar-refractivity contribution in [3.63, 3.8) is 0 Å². The second-order valence-corrected chi connectivity index (χ2v) is 6.10. The zero-order valence-electron chi connectivity index (χ0n) is 14.6. The smallest absolute Gasteiger partial charge is 0.0784 e. The van der Waals surface area contributed by atoms with Crippen LogP contribution in [0.1, 0.15) is 52.0 Å². The molecular formula is C20H32O2. The molecular weight excluding hydrogens is 272 g/mol. The van der Waals surface area contributed by atoms with Crippen LogP contribution in [0.25, 0.3) is 0 Å². The maximum absolute atomic E-state index is 6.24. The molecule has 0 amide bonds. The van der Waals surface area contributed by atoms with Crippen LogP contribution < -0.4 is 0 Å². The summed E-state index contributed by atoms with van der Waals surface area (Å²) >= 11 is 0. The van der Waals surface area contributed by atoms with Gasteiger partial charge in [-0.25, -0.2) is 0 Å². The molecule has 0 aliphatic heterocycles. The fourth-order valence-electron chi connectivity index (χ4n) is 2.77. The van der Waals surface area contributed by atoms with Gasteiger partial charge in [0.2, 0.25) is 0 Å². The van der Waals surface area contributed by atoms with Crippen LogP contribution in [0.3, 0.4) is 0 Å². The van der Waals surface area contributed by atoms with Crippen molar-refractivity contribution < 1.29 is 9.47 Å². The lowest BCUT2D eigenvalue weighted by molar-refractivity contribution is -0.00757. The Hall–Kier alpha value is -1.28. The average Bonchev–Trinajstić information content (AvgIpc) is 2.56. The number of benzene rings is 1. The first-order valence-electron chi connectivity index (χ1n) is 8.54. The molecule has 0 unspecified atom stereocenters. The number of rotatable bonds is 11. The molecule has 0 aromatic heterocycles. The van der Waals surface area contributed by atoms with E-state index in [1.165, 1.54) is 18.4 Å². The van der Waals surface area contributed by atoms with Gasteiger partial charge in [-0.3, -0.25) is 0 Å². The first-order valence-corrected chi connectivity index (χ1v) is 8.54. The summed E-state index contributed by atoms with van der Waals surface area (Å²) in [6.45, 7) is 7.51. The van der Waals surface area contributed by atoms with Crippen LogP contribution in [-0.4, -0.2) is 13.2 Å². The fourth-order valence-corrected chi connectivity index (χ4v) is 2.77. The van der Waals surface area contributed by atoms with E-state index in [1.807, 2.05) is 6.07 Å². The van der Waals surface area contributed by atoms with Crippen molar-refractivity contribution in [3.8, 4) is 0 Å². The SMILES string of the molecule is CC[C@H](C)C[C@@H](CC=COC)[C@@H](CC)OCc1ccccc1.